The molecule has 0 aromatic rings. The molecular formula is C8H14N2O3. The molecule has 1 unspecified atom stereocenters. The maximum absolute atomic E-state index is 11.3. The first-order valence-corrected chi connectivity index (χ1v) is 4.22. The van der Waals surface area contributed by atoms with E-state index in [9.17, 15) is 9.59 Å². The summed E-state index contributed by atoms with van der Waals surface area (Å²) < 4.78 is 0. The topological polar surface area (TPSA) is 60.9 Å². The predicted molar refractivity (Wildman–Crippen MR) is 46.0 cm³/mol. The van der Waals surface area contributed by atoms with E-state index in [1.165, 1.54) is 9.80 Å². The molecule has 5 nitrogen and oxygen atoms in total. The van der Waals surface area contributed by atoms with Gasteiger partial charge >= 0.3 is 6.03 Å². The Balaban J connectivity index is 2.59. The highest BCUT2D eigenvalue weighted by molar-refractivity contribution is 6.01. The fourth-order valence-electron chi connectivity index (χ4n) is 1.22. The molecule has 0 radical (unpaired) electrons. The highest BCUT2D eigenvalue weighted by atomic mass is 16.3. The van der Waals surface area contributed by atoms with E-state index in [0.29, 0.717) is 6.54 Å². The average molecular weight is 186 g/mol. The van der Waals surface area contributed by atoms with Crippen LogP contribution in [-0.4, -0.2) is 53.6 Å². The van der Waals surface area contributed by atoms with E-state index >= 15 is 0 Å². The van der Waals surface area contributed by atoms with Crippen LogP contribution in [0.5, 0.6) is 0 Å². The minimum absolute atomic E-state index is 0.0131. The highest BCUT2D eigenvalue weighted by Crippen LogP contribution is 2.10. The van der Waals surface area contributed by atoms with Crippen LogP contribution in [-0.2, 0) is 4.79 Å². The Morgan fingerprint density at radius 1 is 1.54 bits per heavy atom. The van der Waals surface area contributed by atoms with E-state index in [2.05, 4.69) is 0 Å². The van der Waals surface area contributed by atoms with Crippen molar-refractivity contribution in [2.45, 2.75) is 6.92 Å². The van der Waals surface area contributed by atoms with Crippen molar-refractivity contribution in [3.63, 3.8) is 0 Å². The molecule has 0 aliphatic carbocycles. The normalized spacial score (nSPS) is 19.9. The van der Waals surface area contributed by atoms with Crippen molar-refractivity contribution in [1.82, 2.24) is 9.80 Å². The SMILES string of the molecule is CC(CO)CN1C(=O)CN(C)C1=O. The lowest BCUT2D eigenvalue weighted by molar-refractivity contribution is -0.125. The van der Waals surface area contributed by atoms with Gasteiger partial charge < -0.3 is 10.0 Å². The number of hydrogen-bond acceptors (Lipinski definition) is 3. The first-order valence-electron chi connectivity index (χ1n) is 4.22. The number of likely N-dealkylation sites (N-methyl/N-ethyl adjacent to an activating group) is 1. The summed E-state index contributed by atoms with van der Waals surface area (Å²) in [4.78, 5) is 25.1. The molecule has 74 valence electrons. The van der Waals surface area contributed by atoms with E-state index in [-0.39, 0.29) is 31.0 Å². The van der Waals surface area contributed by atoms with Gasteiger partial charge in [-0.15, -0.1) is 0 Å². The molecule has 3 amide bonds. The highest BCUT2D eigenvalue weighted by Gasteiger charge is 2.33. The molecular weight excluding hydrogens is 172 g/mol. The molecule has 13 heavy (non-hydrogen) atoms. The van der Waals surface area contributed by atoms with Gasteiger partial charge in [0.2, 0.25) is 5.91 Å². The summed E-state index contributed by atoms with van der Waals surface area (Å²) in [5.74, 6) is -0.243. The van der Waals surface area contributed by atoms with E-state index in [1.807, 2.05) is 0 Å². The maximum atomic E-state index is 11.3. The van der Waals surface area contributed by atoms with Crippen LogP contribution in [0.3, 0.4) is 0 Å². The van der Waals surface area contributed by atoms with Gasteiger partial charge in [0.15, 0.2) is 0 Å². The lowest BCUT2D eigenvalue weighted by atomic mass is 10.2. The molecule has 0 aromatic heterocycles. The fourth-order valence-corrected chi connectivity index (χ4v) is 1.22. The predicted octanol–water partition coefficient (Wildman–Crippen LogP) is -0.491. The lowest BCUT2D eigenvalue weighted by Gasteiger charge is -2.17. The van der Waals surface area contributed by atoms with Gasteiger partial charge in [-0.2, -0.15) is 0 Å². The first kappa shape index (κ1) is 9.98. The number of rotatable bonds is 3. The number of aliphatic hydroxyl groups excluding tert-OH is 1. The molecule has 1 atom stereocenters. The van der Waals surface area contributed by atoms with Crippen LogP contribution in [0.25, 0.3) is 0 Å². The van der Waals surface area contributed by atoms with Crippen LogP contribution in [0.2, 0.25) is 0 Å². The largest absolute Gasteiger partial charge is 0.396 e. The number of aliphatic hydroxyl groups is 1. The van der Waals surface area contributed by atoms with E-state index < -0.39 is 0 Å². The van der Waals surface area contributed by atoms with E-state index in [0.717, 1.165) is 0 Å². The van der Waals surface area contributed by atoms with Gasteiger partial charge in [-0.05, 0) is 5.92 Å². The third-order valence-electron chi connectivity index (χ3n) is 2.04. The van der Waals surface area contributed by atoms with Gasteiger partial charge in [-0.3, -0.25) is 9.69 Å². The number of amides is 3. The standard InChI is InChI=1S/C8H14N2O3/c1-6(5-11)3-10-7(12)4-9(2)8(10)13/h6,11H,3-5H2,1-2H3. The number of imide groups is 1. The van der Waals surface area contributed by atoms with Crippen LogP contribution in [0.15, 0.2) is 0 Å². The van der Waals surface area contributed by atoms with Crippen molar-refractivity contribution in [3.8, 4) is 0 Å². The number of carbonyl (C=O) groups excluding carboxylic acids is 2. The van der Waals surface area contributed by atoms with Crippen molar-refractivity contribution in [1.29, 1.82) is 0 Å². The Kier molecular flexibility index (Phi) is 2.87. The summed E-state index contributed by atoms with van der Waals surface area (Å²) in [5.41, 5.74) is 0. The molecule has 1 rings (SSSR count). The zero-order valence-electron chi connectivity index (χ0n) is 7.86. The molecule has 5 heteroatoms. The van der Waals surface area contributed by atoms with Crippen LogP contribution in [0.1, 0.15) is 6.92 Å². The quantitative estimate of drug-likeness (QED) is 0.605. The second kappa shape index (κ2) is 3.74. The molecule has 1 fully saturated rings. The summed E-state index contributed by atoms with van der Waals surface area (Å²) in [5, 5.41) is 8.77. The second-order valence-corrected chi connectivity index (χ2v) is 3.43. The Bertz CT molecular complexity index is 229. The fraction of sp³-hybridized carbons (Fsp3) is 0.750. The van der Waals surface area contributed by atoms with Crippen molar-refractivity contribution >= 4 is 11.9 Å². The van der Waals surface area contributed by atoms with Crippen LogP contribution >= 0.6 is 0 Å². The maximum Gasteiger partial charge on any atom is 0.326 e. The summed E-state index contributed by atoms with van der Waals surface area (Å²) in [6, 6.07) is -0.273. The van der Waals surface area contributed by atoms with Gasteiger partial charge in [-0.1, -0.05) is 6.92 Å². The van der Waals surface area contributed by atoms with Crippen molar-refractivity contribution in [2.24, 2.45) is 5.92 Å². The molecule has 0 aromatic carbocycles. The molecule has 1 N–H and O–H groups in total. The molecule has 1 heterocycles. The van der Waals surface area contributed by atoms with Crippen LogP contribution in [0, 0.1) is 5.92 Å². The average Bonchev–Trinajstić information content (AvgIpc) is 2.32. The lowest BCUT2D eigenvalue weighted by Crippen LogP contribution is -2.36. The zero-order chi connectivity index (χ0) is 10.0. The van der Waals surface area contributed by atoms with Gasteiger partial charge in [0.1, 0.15) is 6.54 Å². The van der Waals surface area contributed by atoms with Gasteiger partial charge in [0, 0.05) is 20.2 Å². The number of nitrogens with zero attached hydrogens (tertiary/aromatic N) is 2. The molecule has 1 aliphatic heterocycles. The molecule has 1 aliphatic rings. The van der Waals surface area contributed by atoms with E-state index in [4.69, 9.17) is 5.11 Å². The first-order chi connectivity index (χ1) is 6.06. The van der Waals surface area contributed by atoms with E-state index in [1.54, 1.807) is 14.0 Å². The van der Waals surface area contributed by atoms with Gasteiger partial charge in [0.05, 0.1) is 0 Å². The summed E-state index contributed by atoms with van der Waals surface area (Å²) in [7, 11) is 1.59. The number of urea groups is 1. The zero-order valence-corrected chi connectivity index (χ0v) is 7.86. The summed E-state index contributed by atoms with van der Waals surface area (Å²) in [6.45, 7) is 2.23. The van der Waals surface area contributed by atoms with Crippen molar-refractivity contribution in [2.75, 3.05) is 26.7 Å². The number of hydrogen-bond donors (Lipinski definition) is 1. The Labute approximate surface area is 76.9 Å². The van der Waals surface area contributed by atoms with Crippen molar-refractivity contribution < 1.29 is 14.7 Å². The third kappa shape index (κ3) is 1.98. The summed E-state index contributed by atoms with van der Waals surface area (Å²) >= 11 is 0. The van der Waals surface area contributed by atoms with Crippen molar-refractivity contribution in [3.05, 3.63) is 0 Å². The van der Waals surface area contributed by atoms with Gasteiger partial charge in [-0.25, -0.2) is 4.79 Å². The van der Waals surface area contributed by atoms with Crippen LogP contribution in [0.4, 0.5) is 4.79 Å². The Hall–Kier alpha value is -1.10. The molecule has 0 spiro atoms. The summed E-state index contributed by atoms with van der Waals surface area (Å²) in [6.07, 6.45) is 0. The molecule has 1 saturated heterocycles. The number of carbonyl (C=O) groups is 2. The second-order valence-electron chi connectivity index (χ2n) is 3.43. The van der Waals surface area contributed by atoms with Gasteiger partial charge in [0.25, 0.3) is 0 Å². The monoisotopic (exact) mass is 186 g/mol. The Morgan fingerprint density at radius 2 is 2.15 bits per heavy atom. The Morgan fingerprint density at radius 3 is 2.54 bits per heavy atom. The molecule has 0 saturated carbocycles. The third-order valence-corrected chi connectivity index (χ3v) is 2.04. The minimum atomic E-state index is -0.273. The smallest absolute Gasteiger partial charge is 0.326 e. The minimum Gasteiger partial charge on any atom is -0.396 e. The molecule has 0 bridgehead atoms. The van der Waals surface area contributed by atoms with Crippen LogP contribution < -0.4 is 0 Å².